The van der Waals surface area contributed by atoms with E-state index in [1.165, 1.54) is 22.2 Å². The average molecular weight is 441 g/mol. The summed E-state index contributed by atoms with van der Waals surface area (Å²) in [4.78, 5) is 33.1. The molecule has 2 atom stereocenters. The lowest BCUT2D eigenvalue weighted by Gasteiger charge is -2.18. The fourth-order valence-electron chi connectivity index (χ4n) is 4.33. The maximum absolute atomic E-state index is 13.9. The number of cyclic esters (lactones) is 1. The number of esters is 1. The Balaban J connectivity index is 1.77. The van der Waals surface area contributed by atoms with Crippen molar-refractivity contribution in [3.05, 3.63) is 50.1 Å². The number of thioether (sulfide) groups is 1. The molecule has 1 aliphatic carbocycles. The molecule has 0 bridgehead atoms. The molecule has 5 rings (SSSR count). The molecule has 0 unspecified atom stereocenters. The zero-order valence-electron chi connectivity index (χ0n) is 17.4. The summed E-state index contributed by atoms with van der Waals surface area (Å²) in [6.45, 7) is 6.73. The Kier molecular flexibility index (Phi) is 4.98. The first-order chi connectivity index (χ1) is 14.4. The van der Waals surface area contributed by atoms with Gasteiger partial charge in [-0.05, 0) is 61.8 Å². The summed E-state index contributed by atoms with van der Waals surface area (Å²) in [6.07, 6.45) is 3.69. The Morgan fingerprint density at radius 2 is 2.07 bits per heavy atom. The highest BCUT2D eigenvalue weighted by atomic mass is 32.2. The molecule has 3 aromatic rings. The molecule has 30 heavy (non-hydrogen) atoms. The topological polar surface area (TPSA) is 61.2 Å². The molecule has 0 N–H and O–H groups in total. The van der Waals surface area contributed by atoms with Crippen LogP contribution in [0.5, 0.6) is 0 Å². The second-order valence-corrected chi connectivity index (χ2v) is 10.7. The summed E-state index contributed by atoms with van der Waals surface area (Å²) in [6, 6.07) is 6.11. The van der Waals surface area contributed by atoms with E-state index >= 15 is 0 Å². The van der Waals surface area contributed by atoms with Crippen LogP contribution in [0.15, 0.2) is 28.2 Å². The average Bonchev–Trinajstić information content (AvgIpc) is 3.27. The number of nitrogens with zero attached hydrogens (tertiary/aromatic N) is 2. The van der Waals surface area contributed by atoms with E-state index in [2.05, 4.69) is 6.92 Å². The molecule has 0 radical (unpaired) electrons. The highest BCUT2D eigenvalue weighted by molar-refractivity contribution is 8.00. The molecule has 0 saturated carbocycles. The summed E-state index contributed by atoms with van der Waals surface area (Å²) < 4.78 is 6.88. The van der Waals surface area contributed by atoms with E-state index in [4.69, 9.17) is 9.72 Å². The van der Waals surface area contributed by atoms with Crippen molar-refractivity contribution >= 4 is 39.3 Å². The molecular weight excluding hydrogens is 416 g/mol. The van der Waals surface area contributed by atoms with E-state index in [9.17, 15) is 9.59 Å². The van der Waals surface area contributed by atoms with Crippen molar-refractivity contribution < 1.29 is 9.53 Å². The van der Waals surface area contributed by atoms with Gasteiger partial charge in [0.25, 0.3) is 5.56 Å². The van der Waals surface area contributed by atoms with Gasteiger partial charge < -0.3 is 4.74 Å². The minimum Gasteiger partial charge on any atom is -0.465 e. The van der Waals surface area contributed by atoms with Crippen LogP contribution in [0.2, 0.25) is 0 Å². The summed E-state index contributed by atoms with van der Waals surface area (Å²) in [5.41, 5.74) is 4.10. The summed E-state index contributed by atoms with van der Waals surface area (Å²) in [5, 5.41) is 1.03. The lowest BCUT2D eigenvalue weighted by Crippen LogP contribution is -2.24. The normalized spacial score (nSPS) is 21.1. The van der Waals surface area contributed by atoms with Crippen molar-refractivity contribution in [1.82, 2.24) is 9.55 Å². The fourth-order valence-corrected chi connectivity index (χ4v) is 6.83. The molecule has 5 nitrogen and oxygen atoms in total. The van der Waals surface area contributed by atoms with Gasteiger partial charge in [0.15, 0.2) is 5.16 Å². The Morgan fingerprint density at radius 1 is 1.23 bits per heavy atom. The number of benzene rings is 1. The highest BCUT2D eigenvalue weighted by Gasteiger charge is 2.31. The Labute approximate surface area is 183 Å². The molecule has 0 amide bonds. The number of hydrogen-bond acceptors (Lipinski definition) is 6. The third-order valence-corrected chi connectivity index (χ3v) is 8.38. The first-order valence-corrected chi connectivity index (χ1v) is 12.1. The van der Waals surface area contributed by atoms with Gasteiger partial charge in [0.05, 0.1) is 17.7 Å². The molecular formula is C23H24N2O3S2. The van der Waals surface area contributed by atoms with Gasteiger partial charge in [0, 0.05) is 11.3 Å². The predicted octanol–water partition coefficient (Wildman–Crippen LogP) is 4.60. The number of rotatable bonds is 3. The number of aryl methyl sites for hydroxylation is 3. The van der Waals surface area contributed by atoms with Crippen LogP contribution in [0.3, 0.4) is 0 Å². The molecule has 2 aliphatic rings. The number of carbonyl (C=O) groups is 1. The maximum Gasteiger partial charge on any atom is 0.319 e. The lowest BCUT2D eigenvalue weighted by molar-refractivity contribution is -0.137. The number of carbonyl (C=O) groups excluding carboxylic acids is 1. The van der Waals surface area contributed by atoms with Crippen LogP contribution in [-0.4, -0.2) is 27.4 Å². The van der Waals surface area contributed by atoms with Gasteiger partial charge in [-0.3, -0.25) is 14.2 Å². The Morgan fingerprint density at radius 3 is 2.83 bits per heavy atom. The molecule has 156 valence electrons. The second kappa shape index (κ2) is 7.54. The number of hydrogen-bond donors (Lipinski definition) is 0. The van der Waals surface area contributed by atoms with Gasteiger partial charge in [-0.15, -0.1) is 11.3 Å². The van der Waals surface area contributed by atoms with E-state index in [1.54, 1.807) is 15.9 Å². The van der Waals surface area contributed by atoms with Gasteiger partial charge in [-0.2, -0.15) is 0 Å². The van der Waals surface area contributed by atoms with Crippen molar-refractivity contribution in [3.8, 4) is 5.69 Å². The van der Waals surface area contributed by atoms with E-state index in [0.29, 0.717) is 24.1 Å². The van der Waals surface area contributed by atoms with Crippen molar-refractivity contribution in [3.63, 3.8) is 0 Å². The highest BCUT2D eigenvalue weighted by Crippen LogP contribution is 2.38. The molecule has 2 aromatic heterocycles. The van der Waals surface area contributed by atoms with Gasteiger partial charge in [-0.25, -0.2) is 4.98 Å². The summed E-state index contributed by atoms with van der Waals surface area (Å²) in [7, 11) is 0. The molecule has 1 fully saturated rings. The van der Waals surface area contributed by atoms with Gasteiger partial charge in [0.1, 0.15) is 10.1 Å². The minimum absolute atomic E-state index is 0.0189. The Bertz CT molecular complexity index is 1230. The minimum atomic E-state index is -0.319. The van der Waals surface area contributed by atoms with Gasteiger partial charge in [0.2, 0.25) is 0 Å². The molecule has 0 spiro atoms. The van der Waals surface area contributed by atoms with E-state index in [1.807, 2.05) is 32.0 Å². The molecule has 1 aliphatic heterocycles. The quantitative estimate of drug-likeness (QED) is 0.440. The molecule has 7 heteroatoms. The number of aromatic nitrogens is 2. The van der Waals surface area contributed by atoms with Crippen LogP contribution in [0.25, 0.3) is 15.9 Å². The van der Waals surface area contributed by atoms with Gasteiger partial charge >= 0.3 is 5.97 Å². The summed E-state index contributed by atoms with van der Waals surface area (Å²) in [5.74, 6) is 0.412. The van der Waals surface area contributed by atoms with Crippen molar-refractivity contribution in [2.45, 2.75) is 56.9 Å². The van der Waals surface area contributed by atoms with Crippen LogP contribution in [0.1, 0.15) is 41.3 Å². The number of fused-ring (bicyclic) bond motifs is 3. The summed E-state index contributed by atoms with van der Waals surface area (Å²) >= 11 is 3.00. The lowest BCUT2D eigenvalue weighted by atomic mass is 9.89. The predicted molar refractivity (Wildman–Crippen MR) is 121 cm³/mol. The fraction of sp³-hybridized carbons (Fsp3) is 0.435. The van der Waals surface area contributed by atoms with Crippen molar-refractivity contribution in [2.24, 2.45) is 5.92 Å². The standard InChI is InChI=1S/C23H24N2O3S2/c1-12-4-6-14(3)16(10-12)25-21(26)19-15-7-5-13(2)11-18(15)29-20(19)24-23(25)30-17-8-9-28-22(17)27/h4,6,10,13,17H,5,7-9,11H2,1-3H3/t13-,17+/m1/s1. The van der Waals surface area contributed by atoms with Crippen molar-refractivity contribution in [1.29, 1.82) is 0 Å². The van der Waals surface area contributed by atoms with Crippen molar-refractivity contribution in [2.75, 3.05) is 6.61 Å². The van der Waals surface area contributed by atoms with Crippen LogP contribution in [-0.2, 0) is 22.4 Å². The third-order valence-electron chi connectivity index (χ3n) is 6.04. The van der Waals surface area contributed by atoms with Crippen LogP contribution in [0.4, 0.5) is 0 Å². The zero-order chi connectivity index (χ0) is 21.0. The monoisotopic (exact) mass is 440 g/mol. The first-order valence-electron chi connectivity index (χ1n) is 10.4. The molecule has 3 heterocycles. The largest absolute Gasteiger partial charge is 0.465 e. The van der Waals surface area contributed by atoms with Crippen LogP contribution in [0, 0.1) is 19.8 Å². The van der Waals surface area contributed by atoms with E-state index in [-0.39, 0.29) is 16.8 Å². The smallest absolute Gasteiger partial charge is 0.319 e. The van der Waals surface area contributed by atoms with Crippen LogP contribution >= 0.6 is 23.1 Å². The molecule has 1 aromatic carbocycles. The van der Waals surface area contributed by atoms with Gasteiger partial charge in [-0.1, -0.05) is 30.8 Å². The van der Waals surface area contributed by atoms with E-state index in [0.717, 1.165) is 46.3 Å². The maximum atomic E-state index is 13.9. The first kappa shape index (κ1) is 19.8. The van der Waals surface area contributed by atoms with Crippen LogP contribution < -0.4 is 5.56 Å². The molecule has 1 saturated heterocycles. The third kappa shape index (κ3) is 3.28. The SMILES string of the molecule is Cc1ccc(C)c(-n2c(S[C@H]3CCOC3=O)nc3sc4c(c3c2=O)CC[C@@H](C)C4)c1. The van der Waals surface area contributed by atoms with E-state index < -0.39 is 0 Å². The Hall–Kier alpha value is -2.12. The number of thiophene rings is 1. The number of ether oxygens (including phenoxy) is 1. The second-order valence-electron chi connectivity index (χ2n) is 8.42. The zero-order valence-corrected chi connectivity index (χ0v) is 19.0.